The summed E-state index contributed by atoms with van der Waals surface area (Å²) in [6, 6.07) is 14.3. The van der Waals surface area contributed by atoms with Crippen molar-refractivity contribution >= 4 is 44.9 Å². The molecule has 4 aromatic rings. The molecule has 2 heterocycles. The van der Waals surface area contributed by atoms with Gasteiger partial charge in [-0.3, -0.25) is 14.2 Å². The van der Waals surface area contributed by atoms with Crippen LogP contribution < -0.4 is 15.7 Å². The topological polar surface area (TPSA) is 106 Å². The first kappa shape index (κ1) is 25.0. The molecule has 2 N–H and O–H groups in total. The Morgan fingerprint density at radius 3 is 2.78 bits per heavy atom. The Kier molecular flexibility index (Phi) is 7.29. The lowest BCUT2D eigenvalue weighted by Gasteiger charge is -2.13. The predicted octanol–water partition coefficient (Wildman–Crippen LogP) is 4.67. The molecule has 37 heavy (non-hydrogen) atoms. The second-order valence-corrected chi connectivity index (χ2v) is 10.7. The molecule has 190 valence electrons. The van der Waals surface area contributed by atoms with Crippen molar-refractivity contribution in [3.63, 3.8) is 0 Å². The molecule has 1 aliphatic rings. The molecule has 0 radical (unpaired) electrons. The molecule has 8 nitrogen and oxygen atoms in total. The second-order valence-electron chi connectivity index (χ2n) is 8.67. The average molecular weight is 535 g/mol. The number of aromatic nitrogens is 2. The number of carbonyl (C=O) groups excluding carboxylic acids is 1. The van der Waals surface area contributed by atoms with Gasteiger partial charge in [0.2, 0.25) is 0 Å². The number of rotatable bonds is 7. The molecule has 0 saturated heterocycles. The third-order valence-corrected chi connectivity index (χ3v) is 8.37. The maximum atomic E-state index is 13.7. The Hall–Kier alpha value is -3.63. The van der Waals surface area contributed by atoms with Crippen LogP contribution in [0.25, 0.3) is 15.9 Å². The van der Waals surface area contributed by atoms with Crippen molar-refractivity contribution in [1.29, 1.82) is 0 Å². The van der Waals surface area contributed by atoms with E-state index in [1.807, 2.05) is 30.3 Å². The summed E-state index contributed by atoms with van der Waals surface area (Å²) >= 11 is 2.80. The minimum atomic E-state index is -0.325. The number of nitrogens with one attached hydrogen (secondary N) is 1. The van der Waals surface area contributed by atoms with E-state index in [4.69, 9.17) is 9.72 Å². The Balaban J connectivity index is 1.40. The molecule has 0 bridgehead atoms. The van der Waals surface area contributed by atoms with Crippen LogP contribution in [0.2, 0.25) is 0 Å². The number of aromatic hydroxyl groups is 1. The van der Waals surface area contributed by atoms with Crippen molar-refractivity contribution < 1.29 is 14.6 Å². The van der Waals surface area contributed by atoms with Crippen molar-refractivity contribution in [2.45, 2.75) is 37.8 Å². The van der Waals surface area contributed by atoms with Gasteiger partial charge in [-0.2, -0.15) is 5.10 Å². The Morgan fingerprint density at radius 1 is 1.22 bits per heavy atom. The first-order valence-electron chi connectivity index (χ1n) is 11.9. The van der Waals surface area contributed by atoms with E-state index >= 15 is 0 Å². The molecule has 2 aromatic heterocycles. The van der Waals surface area contributed by atoms with Crippen LogP contribution >= 0.6 is 23.1 Å². The van der Waals surface area contributed by atoms with Crippen molar-refractivity contribution in [2.75, 3.05) is 12.9 Å². The molecule has 2 aromatic carbocycles. The number of hydrazone groups is 1. The monoisotopic (exact) mass is 534 g/mol. The Morgan fingerprint density at radius 2 is 2.00 bits per heavy atom. The van der Waals surface area contributed by atoms with Crippen LogP contribution in [-0.2, 0) is 17.6 Å². The van der Waals surface area contributed by atoms with Crippen molar-refractivity contribution in [1.82, 2.24) is 15.0 Å². The van der Waals surface area contributed by atoms with E-state index in [9.17, 15) is 14.7 Å². The fourth-order valence-corrected chi connectivity index (χ4v) is 6.47. The number of amides is 1. The summed E-state index contributed by atoms with van der Waals surface area (Å²) in [6.07, 6.45) is 4.10. The number of methoxy groups -OCH3 is 1. The van der Waals surface area contributed by atoms with Gasteiger partial charge in [0.1, 0.15) is 4.83 Å². The lowest BCUT2D eigenvalue weighted by atomic mass is 9.97. The van der Waals surface area contributed by atoms with Crippen LogP contribution in [-0.4, -0.2) is 39.1 Å². The number of phenolic OH excluding ortho intramolecular Hbond substituents is 1. The quantitative estimate of drug-likeness (QED) is 0.154. The van der Waals surface area contributed by atoms with E-state index in [1.54, 1.807) is 35.0 Å². The maximum Gasteiger partial charge on any atom is 0.267 e. The predicted molar refractivity (Wildman–Crippen MR) is 148 cm³/mol. The Labute approximate surface area is 222 Å². The molecule has 0 fully saturated rings. The van der Waals surface area contributed by atoms with Gasteiger partial charge in [-0.1, -0.05) is 30.0 Å². The number of phenols is 1. The van der Waals surface area contributed by atoms with Gasteiger partial charge in [-0.15, -0.1) is 11.3 Å². The van der Waals surface area contributed by atoms with Crippen molar-refractivity contribution in [3.05, 3.63) is 74.9 Å². The number of hydrogen-bond donors (Lipinski definition) is 2. The maximum absolute atomic E-state index is 13.7. The zero-order chi connectivity index (χ0) is 25.9. The molecule has 0 unspecified atom stereocenters. The summed E-state index contributed by atoms with van der Waals surface area (Å²) in [4.78, 5) is 33.2. The van der Waals surface area contributed by atoms with Gasteiger partial charge in [-0.25, -0.2) is 10.4 Å². The van der Waals surface area contributed by atoms with Crippen molar-refractivity contribution in [3.8, 4) is 17.2 Å². The molecule has 0 saturated carbocycles. The summed E-state index contributed by atoms with van der Waals surface area (Å²) in [6.45, 7) is 1.75. The van der Waals surface area contributed by atoms with Gasteiger partial charge in [0.05, 0.1) is 29.6 Å². The smallest absolute Gasteiger partial charge is 0.267 e. The molecular formula is C27H26N4O4S2. The summed E-state index contributed by atoms with van der Waals surface area (Å²) in [5.74, 6) is 0.0602. The molecule has 0 spiro atoms. The largest absolute Gasteiger partial charge is 0.504 e. The fraction of sp³-hybridized carbons (Fsp3) is 0.259. The summed E-state index contributed by atoms with van der Waals surface area (Å²) in [7, 11) is 1.47. The average Bonchev–Trinajstić information content (AvgIpc) is 3.30. The zero-order valence-corrected chi connectivity index (χ0v) is 22.1. The molecule has 5 rings (SSSR count). The molecule has 0 atom stereocenters. The van der Waals surface area contributed by atoms with E-state index in [1.165, 1.54) is 29.8 Å². The molecule has 10 heteroatoms. The highest BCUT2D eigenvalue weighted by Crippen LogP contribution is 2.35. The van der Waals surface area contributed by atoms with Crippen LogP contribution in [0.15, 0.2) is 63.6 Å². The molecule has 0 aliphatic heterocycles. The second kappa shape index (κ2) is 10.8. The van der Waals surface area contributed by atoms with Gasteiger partial charge < -0.3 is 9.84 Å². The highest BCUT2D eigenvalue weighted by Gasteiger charge is 2.23. The number of benzene rings is 2. The number of hydrogen-bond acceptors (Lipinski definition) is 8. The van der Waals surface area contributed by atoms with Crippen molar-refractivity contribution in [2.24, 2.45) is 5.10 Å². The first-order valence-corrected chi connectivity index (χ1v) is 13.7. The number of thiophene rings is 1. The summed E-state index contributed by atoms with van der Waals surface area (Å²) in [5, 5.41) is 15.2. The van der Waals surface area contributed by atoms with E-state index < -0.39 is 0 Å². The van der Waals surface area contributed by atoms with Gasteiger partial charge >= 0.3 is 0 Å². The summed E-state index contributed by atoms with van der Waals surface area (Å²) < 4.78 is 6.74. The molecular weight excluding hydrogens is 508 g/mol. The first-order chi connectivity index (χ1) is 18.0. The van der Waals surface area contributed by atoms with Crippen LogP contribution in [0.5, 0.6) is 11.5 Å². The molecule has 1 amide bonds. The van der Waals surface area contributed by atoms with Crippen LogP contribution in [0, 0.1) is 0 Å². The highest BCUT2D eigenvalue weighted by atomic mass is 32.2. The number of para-hydroxylation sites is 1. The van der Waals surface area contributed by atoms with E-state index in [0.717, 1.165) is 41.8 Å². The number of ether oxygens (including phenoxy) is 1. The van der Waals surface area contributed by atoms with Gasteiger partial charge in [0.25, 0.3) is 11.5 Å². The van der Waals surface area contributed by atoms with Gasteiger partial charge in [0.15, 0.2) is 16.7 Å². The van der Waals surface area contributed by atoms with Gasteiger partial charge in [-0.05, 0) is 68.5 Å². The normalized spacial score (nSPS) is 13.4. The standard InChI is InChI=1S/C27H26N4O4S2/c1-16(17-12-13-20(32)21(14-17)35-2)29-30-23(33)15-36-27-28-25-24(19-10-6-7-11-22(19)37-25)26(34)31(27)18-8-4-3-5-9-18/h3-5,8-9,12-14,32H,6-7,10-11,15H2,1-2H3,(H,30,33)/b29-16-. The number of fused-ring (bicyclic) bond motifs is 3. The van der Waals surface area contributed by atoms with E-state index in [2.05, 4.69) is 10.5 Å². The lowest BCUT2D eigenvalue weighted by molar-refractivity contribution is -0.118. The zero-order valence-electron chi connectivity index (χ0n) is 20.5. The number of carbonyl (C=O) groups is 1. The van der Waals surface area contributed by atoms with Crippen LogP contribution in [0.4, 0.5) is 0 Å². The summed E-state index contributed by atoms with van der Waals surface area (Å²) in [5.41, 5.74) is 5.59. The fourth-order valence-electron chi connectivity index (χ4n) is 4.36. The SMILES string of the molecule is COc1cc(/C(C)=N\NC(=O)CSc2nc3sc4c(c3c(=O)n2-c2ccccc2)CCCC4)ccc1O. The number of nitrogens with zero attached hydrogens (tertiary/aromatic N) is 3. The third-order valence-electron chi connectivity index (χ3n) is 6.25. The van der Waals surface area contributed by atoms with Gasteiger partial charge in [0, 0.05) is 10.4 Å². The minimum absolute atomic E-state index is 0.0278. The third kappa shape index (κ3) is 5.12. The van der Waals surface area contributed by atoms with Crippen LogP contribution in [0.3, 0.4) is 0 Å². The van der Waals surface area contributed by atoms with E-state index in [0.29, 0.717) is 27.6 Å². The van der Waals surface area contributed by atoms with E-state index in [-0.39, 0.29) is 23.0 Å². The molecule has 1 aliphatic carbocycles. The number of aryl methyl sites for hydroxylation is 2. The van der Waals surface area contributed by atoms with Crippen LogP contribution in [0.1, 0.15) is 35.8 Å². The Bertz CT molecular complexity index is 1560. The lowest BCUT2D eigenvalue weighted by Crippen LogP contribution is -2.24. The highest BCUT2D eigenvalue weighted by molar-refractivity contribution is 7.99. The minimum Gasteiger partial charge on any atom is -0.504 e. The number of thioether (sulfide) groups is 1.